The Kier molecular flexibility index (Phi) is 5.51. The maximum absolute atomic E-state index is 12.7. The van der Waals surface area contributed by atoms with Crippen molar-refractivity contribution in [1.29, 1.82) is 0 Å². The molecule has 6 nitrogen and oxygen atoms in total. The number of allylic oxidation sites excluding steroid dienone is 2. The Morgan fingerprint density at radius 3 is 2.21 bits per heavy atom. The van der Waals surface area contributed by atoms with E-state index in [4.69, 9.17) is 4.74 Å². The second kappa shape index (κ2) is 8.05. The van der Waals surface area contributed by atoms with Gasteiger partial charge in [-0.05, 0) is 31.9 Å². The largest absolute Gasteiger partial charge is 0.496 e. The van der Waals surface area contributed by atoms with Gasteiger partial charge in [-0.1, -0.05) is 23.8 Å². The van der Waals surface area contributed by atoms with Crippen LogP contribution in [0.5, 0.6) is 5.75 Å². The van der Waals surface area contributed by atoms with Crippen LogP contribution in [0.15, 0.2) is 30.4 Å². The van der Waals surface area contributed by atoms with Gasteiger partial charge in [-0.15, -0.1) is 0 Å². The first-order valence-corrected chi connectivity index (χ1v) is 10.4. The number of nitrogens with zero attached hydrogens (tertiary/aromatic N) is 1. The number of amides is 2. The van der Waals surface area contributed by atoms with E-state index in [1.165, 1.54) is 20.9 Å². The van der Waals surface area contributed by atoms with Crippen LogP contribution in [-0.4, -0.2) is 56.7 Å². The molecule has 2 saturated heterocycles. The molecule has 0 unspecified atom stereocenters. The fourth-order valence-corrected chi connectivity index (χ4v) is 4.86. The first-order chi connectivity index (χ1) is 13.6. The topological polar surface area (TPSA) is 55.5 Å². The van der Waals surface area contributed by atoms with Crippen LogP contribution in [0.4, 0.5) is 0 Å². The number of aryl methyl sites for hydroxylation is 1. The highest BCUT2D eigenvalue weighted by Gasteiger charge is 2.48. The second-order valence-electron chi connectivity index (χ2n) is 8.41. The molecule has 28 heavy (non-hydrogen) atoms. The van der Waals surface area contributed by atoms with Gasteiger partial charge < -0.3 is 14.5 Å². The van der Waals surface area contributed by atoms with E-state index in [1.54, 1.807) is 12.0 Å². The molecule has 2 amide bonds. The molecule has 150 valence electrons. The molecule has 3 aliphatic rings. The standard InChI is InChI=1S/C22H29N3O3/c1-16-7-8-20(28-2)17(13-16)14-23-9-11-24(12-10-23)15-25-21(26)18-5-3-4-6-19(18)22(25)27/h3-4,7-8,13,18-19H,5-6,9-12,14-15H2,1-2H3/p+2/t18-,19-/m1/s1. The van der Waals surface area contributed by atoms with Gasteiger partial charge in [-0.2, -0.15) is 0 Å². The van der Waals surface area contributed by atoms with Crippen LogP contribution in [-0.2, 0) is 16.1 Å². The lowest BCUT2D eigenvalue weighted by Crippen LogP contribution is -3.28. The Balaban J connectivity index is 1.32. The summed E-state index contributed by atoms with van der Waals surface area (Å²) in [6, 6.07) is 6.34. The van der Waals surface area contributed by atoms with Crippen LogP contribution in [0, 0.1) is 18.8 Å². The number of methoxy groups -OCH3 is 1. The fraction of sp³-hybridized carbons (Fsp3) is 0.545. The third kappa shape index (κ3) is 3.71. The second-order valence-corrected chi connectivity index (χ2v) is 8.41. The van der Waals surface area contributed by atoms with E-state index in [9.17, 15) is 9.59 Å². The lowest BCUT2D eigenvalue weighted by Gasteiger charge is -2.31. The Morgan fingerprint density at radius 2 is 1.61 bits per heavy atom. The predicted octanol–water partition coefficient (Wildman–Crippen LogP) is -0.804. The van der Waals surface area contributed by atoms with Crippen LogP contribution in [0.3, 0.4) is 0 Å². The van der Waals surface area contributed by atoms with Gasteiger partial charge in [0, 0.05) is 5.56 Å². The number of benzene rings is 1. The summed E-state index contributed by atoms with van der Waals surface area (Å²) in [6.07, 6.45) is 5.53. The first-order valence-electron chi connectivity index (χ1n) is 10.4. The molecule has 1 aromatic carbocycles. The van der Waals surface area contributed by atoms with Crippen molar-refractivity contribution in [1.82, 2.24) is 4.90 Å². The van der Waals surface area contributed by atoms with E-state index in [0.717, 1.165) is 51.3 Å². The van der Waals surface area contributed by atoms with Crippen molar-refractivity contribution in [2.24, 2.45) is 11.8 Å². The number of ether oxygens (including phenoxy) is 1. The highest BCUT2D eigenvalue weighted by atomic mass is 16.5. The zero-order chi connectivity index (χ0) is 19.7. The van der Waals surface area contributed by atoms with Gasteiger partial charge in [-0.3, -0.25) is 9.59 Å². The molecule has 0 spiro atoms. The lowest BCUT2D eigenvalue weighted by molar-refractivity contribution is -1.02. The molecular formula is C22H31N3O3+2. The van der Waals surface area contributed by atoms with Gasteiger partial charge >= 0.3 is 0 Å². The van der Waals surface area contributed by atoms with Crippen LogP contribution in [0.2, 0.25) is 0 Å². The summed E-state index contributed by atoms with van der Waals surface area (Å²) < 4.78 is 5.52. The molecule has 2 fully saturated rings. The number of fused-ring (bicyclic) bond motifs is 1. The highest BCUT2D eigenvalue weighted by molar-refractivity contribution is 6.05. The third-order valence-corrected chi connectivity index (χ3v) is 6.52. The molecule has 2 aliphatic heterocycles. The van der Waals surface area contributed by atoms with Crippen molar-refractivity contribution >= 4 is 11.8 Å². The van der Waals surface area contributed by atoms with Crippen LogP contribution in [0.1, 0.15) is 24.0 Å². The zero-order valence-electron chi connectivity index (χ0n) is 16.9. The number of piperazine rings is 1. The van der Waals surface area contributed by atoms with Crippen molar-refractivity contribution in [2.75, 3.05) is 40.0 Å². The molecule has 0 radical (unpaired) electrons. The third-order valence-electron chi connectivity index (χ3n) is 6.52. The first kappa shape index (κ1) is 19.2. The Labute approximate surface area is 166 Å². The molecule has 2 heterocycles. The molecule has 1 aliphatic carbocycles. The summed E-state index contributed by atoms with van der Waals surface area (Å²) in [5, 5.41) is 0. The van der Waals surface area contributed by atoms with E-state index in [0.29, 0.717) is 6.67 Å². The summed E-state index contributed by atoms with van der Waals surface area (Å²) in [5.74, 6) is 0.824. The van der Waals surface area contributed by atoms with Crippen molar-refractivity contribution in [3.63, 3.8) is 0 Å². The molecule has 2 atom stereocenters. The van der Waals surface area contributed by atoms with Gasteiger partial charge in [0.2, 0.25) is 11.8 Å². The number of carbonyl (C=O) groups excluding carboxylic acids is 2. The SMILES string of the molecule is COc1ccc(C)cc1C[NH+]1CC[NH+](CN2C(=O)[C@@H]3CC=CC[C@H]3C2=O)CC1. The number of likely N-dealkylation sites (tertiary alicyclic amines) is 1. The summed E-state index contributed by atoms with van der Waals surface area (Å²) >= 11 is 0. The average Bonchev–Trinajstić information content (AvgIpc) is 2.95. The van der Waals surface area contributed by atoms with Crippen LogP contribution < -0.4 is 14.5 Å². The molecule has 0 bridgehead atoms. The average molecular weight is 386 g/mol. The van der Waals surface area contributed by atoms with Crippen LogP contribution in [0.25, 0.3) is 0 Å². The van der Waals surface area contributed by atoms with E-state index >= 15 is 0 Å². The minimum absolute atomic E-state index is 0.0473. The zero-order valence-corrected chi connectivity index (χ0v) is 16.9. The number of carbonyl (C=O) groups is 2. The maximum atomic E-state index is 12.7. The predicted molar refractivity (Wildman–Crippen MR) is 105 cm³/mol. The van der Waals surface area contributed by atoms with E-state index in [-0.39, 0.29) is 23.7 Å². The number of hydrogen-bond acceptors (Lipinski definition) is 3. The van der Waals surface area contributed by atoms with Crippen molar-refractivity contribution < 1.29 is 24.1 Å². The molecule has 1 aromatic rings. The van der Waals surface area contributed by atoms with Gasteiger partial charge in [0.25, 0.3) is 0 Å². The molecule has 0 saturated carbocycles. The van der Waals surface area contributed by atoms with Gasteiger partial charge in [-0.25, -0.2) is 4.90 Å². The quantitative estimate of drug-likeness (QED) is 0.515. The molecule has 4 rings (SSSR count). The minimum Gasteiger partial charge on any atom is -0.496 e. The van der Waals surface area contributed by atoms with Gasteiger partial charge in [0.15, 0.2) is 6.67 Å². The monoisotopic (exact) mass is 385 g/mol. The minimum atomic E-state index is -0.113. The highest BCUT2D eigenvalue weighted by Crippen LogP contribution is 2.34. The molecule has 0 aromatic heterocycles. The number of imide groups is 1. The summed E-state index contributed by atoms with van der Waals surface area (Å²) in [6.45, 7) is 7.63. The summed E-state index contributed by atoms with van der Waals surface area (Å²) in [4.78, 5) is 29.8. The van der Waals surface area contributed by atoms with E-state index in [1.807, 2.05) is 18.2 Å². The molecule has 2 N–H and O–H groups in total. The van der Waals surface area contributed by atoms with Crippen molar-refractivity contribution in [2.45, 2.75) is 26.3 Å². The fourth-order valence-electron chi connectivity index (χ4n) is 4.86. The lowest BCUT2D eigenvalue weighted by atomic mass is 9.85. The van der Waals surface area contributed by atoms with Gasteiger partial charge in [0.05, 0.1) is 18.9 Å². The number of nitrogens with one attached hydrogen (secondary N) is 2. The van der Waals surface area contributed by atoms with E-state index < -0.39 is 0 Å². The number of rotatable bonds is 5. The number of quaternary nitrogens is 2. The normalized spacial score (nSPS) is 29.9. The van der Waals surface area contributed by atoms with E-state index in [2.05, 4.69) is 19.1 Å². The summed E-state index contributed by atoms with van der Waals surface area (Å²) in [5.41, 5.74) is 2.50. The number of hydrogen-bond donors (Lipinski definition) is 2. The molecular weight excluding hydrogens is 354 g/mol. The Bertz CT molecular complexity index is 757. The Morgan fingerprint density at radius 1 is 1.00 bits per heavy atom. The smallest absolute Gasteiger partial charge is 0.237 e. The van der Waals surface area contributed by atoms with Crippen LogP contribution >= 0.6 is 0 Å². The Hall–Kier alpha value is -2.18. The molecule has 6 heteroatoms. The summed E-state index contributed by atoms with van der Waals surface area (Å²) in [7, 11) is 1.72. The van der Waals surface area contributed by atoms with Crippen molar-refractivity contribution in [3.8, 4) is 5.75 Å². The van der Waals surface area contributed by atoms with Crippen molar-refractivity contribution in [3.05, 3.63) is 41.5 Å². The van der Waals surface area contributed by atoms with Gasteiger partial charge in [0.1, 0.15) is 38.5 Å². The maximum Gasteiger partial charge on any atom is 0.237 e.